The van der Waals surface area contributed by atoms with Crippen molar-refractivity contribution in [3.05, 3.63) is 36.5 Å². The Morgan fingerprint density at radius 2 is 2.46 bits per heavy atom. The molecule has 2 nitrogen and oxygen atoms in total. The van der Waals surface area contributed by atoms with Gasteiger partial charge in [-0.3, -0.25) is 4.67 Å². The summed E-state index contributed by atoms with van der Waals surface area (Å²) in [5.41, 5.74) is 1.14. The smallest absolute Gasteiger partial charge is 0.103 e. The zero-order valence-corrected chi connectivity index (χ0v) is 9.10. The van der Waals surface area contributed by atoms with Crippen LogP contribution in [0.25, 0.3) is 0 Å². The van der Waals surface area contributed by atoms with Crippen molar-refractivity contribution in [3.63, 3.8) is 0 Å². The second kappa shape index (κ2) is 5.33. The maximum Gasteiger partial charge on any atom is 0.103 e. The maximum absolute atomic E-state index is 5.55. The Morgan fingerprint density at radius 3 is 2.92 bits per heavy atom. The molecule has 1 fully saturated rings. The van der Waals surface area contributed by atoms with Gasteiger partial charge in [-0.25, -0.2) is 0 Å². The van der Waals surface area contributed by atoms with Gasteiger partial charge in [-0.05, 0) is 12.5 Å². The van der Waals surface area contributed by atoms with Crippen LogP contribution in [0, 0.1) is 0 Å². The van der Waals surface area contributed by atoms with Gasteiger partial charge in [0.15, 0.2) is 0 Å². The minimum Gasteiger partial charge on any atom is -0.357 e. The van der Waals surface area contributed by atoms with E-state index >= 15 is 0 Å². The summed E-state index contributed by atoms with van der Waals surface area (Å²) in [6.45, 7) is 7.36. The van der Waals surface area contributed by atoms with Crippen LogP contribution in [0.3, 0.4) is 0 Å². The summed E-state index contributed by atoms with van der Waals surface area (Å²) in [5, 5.41) is 0. The first-order chi connectivity index (χ1) is 6.27. The average molecular weight is 197 g/mol. The zero-order chi connectivity index (χ0) is 9.68. The van der Waals surface area contributed by atoms with Gasteiger partial charge >= 0.3 is 0 Å². The summed E-state index contributed by atoms with van der Waals surface area (Å²) in [7, 11) is 2.64. The van der Waals surface area contributed by atoms with Crippen molar-refractivity contribution in [2.75, 3.05) is 13.3 Å². The molecule has 1 rings (SSSR count). The van der Waals surface area contributed by atoms with Crippen LogP contribution in [-0.4, -0.2) is 24.0 Å². The lowest BCUT2D eigenvalue weighted by atomic mass is 10.1. The van der Waals surface area contributed by atoms with Crippen LogP contribution in [0.5, 0.6) is 0 Å². The molecule has 1 aliphatic rings. The maximum atomic E-state index is 5.55. The van der Waals surface area contributed by atoms with Gasteiger partial charge in [-0.2, -0.15) is 0 Å². The second-order valence-electron chi connectivity index (χ2n) is 2.95. The van der Waals surface area contributed by atoms with Crippen molar-refractivity contribution in [1.82, 2.24) is 4.67 Å². The molecule has 1 saturated heterocycles. The van der Waals surface area contributed by atoms with Crippen molar-refractivity contribution in [2.45, 2.75) is 13.0 Å². The Labute approximate surface area is 82.2 Å². The largest absolute Gasteiger partial charge is 0.357 e. The summed E-state index contributed by atoms with van der Waals surface area (Å²) in [6.07, 6.45) is 8.07. The Bertz CT molecular complexity index is 235. The van der Waals surface area contributed by atoms with E-state index in [0.29, 0.717) is 6.73 Å². The highest BCUT2D eigenvalue weighted by atomic mass is 31.0. The fourth-order valence-electron chi connectivity index (χ4n) is 1.22. The lowest BCUT2D eigenvalue weighted by Gasteiger charge is -2.08. The van der Waals surface area contributed by atoms with E-state index in [0.717, 1.165) is 12.1 Å². The molecule has 2 unspecified atom stereocenters. The molecule has 3 heteroatoms. The molecule has 13 heavy (non-hydrogen) atoms. The van der Waals surface area contributed by atoms with Gasteiger partial charge in [0.1, 0.15) is 6.73 Å². The van der Waals surface area contributed by atoms with Crippen molar-refractivity contribution in [3.8, 4) is 0 Å². The highest BCUT2D eigenvalue weighted by Crippen LogP contribution is 2.19. The van der Waals surface area contributed by atoms with E-state index in [-0.39, 0.29) is 6.10 Å². The normalized spacial score (nSPS) is 25.7. The fourth-order valence-corrected chi connectivity index (χ4v) is 1.50. The predicted octanol–water partition coefficient (Wildman–Crippen LogP) is 2.12. The second-order valence-corrected chi connectivity index (χ2v) is 3.68. The first-order valence-electron chi connectivity index (χ1n) is 4.34. The number of hydrogen-bond donors (Lipinski definition) is 0. The van der Waals surface area contributed by atoms with E-state index in [9.17, 15) is 0 Å². The predicted molar refractivity (Wildman–Crippen MR) is 59.3 cm³/mol. The summed E-state index contributed by atoms with van der Waals surface area (Å²) >= 11 is 0. The molecule has 72 valence electrons. The van der Waals surface area contributed by atoms with E-state index in [4.69, 9.17) is 4.74 Å². The van der Waals surface area contributed by atoms with Crippen LogP contribution < -0.4 is 0 Å². The van der Waals surface area contributed by atoms with Crippen LogP contribution in [0.15, 0.2) is 36.5 Å². The SMILES string of the molecule is C=C/C(=C\C=C/C)C1CN(P)CO1. The molecule has 0 saturated carbocycles. The van der Waals surface area contributed by atoms with E-state index in [1.165, 1.54) is 0 Å². The number of rotatable bonds is 3. The quantitative estimate of drug-likeness (QED) is 0.507. The van der Waals surface area contributed by atoms with Gasteiger partial charge in [0.25, 0.3) is 0 Å². The molecule has 0 amide bonds. The van der Waals surface area contributed by atoms with Crippen molar-refractivity contribution < 1.29 is 4.74 Å². The molecule has 0 N–H and O–H groups in total. The van der Waals surface area contributed by atoms with Gasteiger partial charge in [-0.1, -0.05) is 40.3 Å². The molecule has 0 radical (unpaired) electrons. The molecule has 0 aromatic carbocycles. The number of ether oxygens (including phenoxy) is 1. The summed E-state index contributed by atoms with van der Waals surface area (Å²) < 4.78 is 7.61. The van der Waals surface area contributed by atoms with Crippen molar-refractivity contribution >= 4 is 9.39 Å². The Balaban J connectivity index is 2.61. The molecule has 1 heterocycles. The minimum atomic E-state index is 0.172. The highest BCUT2D eigenvalue weighted by Gasteiger charge is 2.21. The summed E-state index contributed by atoms with van der Waals surface area (Å²) in [6, 6.07) is 0. The Hall–Kier alpha value is -0.430. The average Bonchev–Trinajstić information content (AvgIpc) is 2.54. The topological polar surface area (TPSA) is 12.5 Å². The van der Waals surface area contributed by atoms with Crippen molar-refractivity contribution in [2.24, 2.45) is 0 Å². The van der Waals surface area contributed by atoms with Gasteiger partial charge in [0.2, 0.25) is 0 Å². The molecule has 1 aliphatic heterocycles. The van der Waals surface area contributed by atoms with E-state index in [1.54, 1.807) is 0 Å². The number of allylic oxidation sites excluding steroid dienone is 3. The number of hydrogen-bond acceptors (Lipinski definition) is 2. The van der Waals surface area contributed by atoms with Crippen LogP contribution >= 0.6 is 9.39 Å². The van der Waals surface area contributed by atoms with E-state index < -0.39 is 0 Å². The molecule has 0 spiro atoms. The van der Waals surface area contributed by atoms with Gasteiger partial charge in [0, 0.05) is 6.54 Å². The van der Waals surface area contributed by atoms with E-state index in [2.05, 4.69) is 20.6 Å². The monoisotopic (exact) mass is 197 g/mol. The summed E-state index contributed by atoms with van der Waals surface area (Å²) in [4.78, 5) is 0. The zero-order valence-electron chi connectivity index (χ0n) is 7.94. The van der Waals surface area contributed by atoms with Crippen LogP contribution in [0.2, 0.25) is 0 Å². The lowest BCUT2D eigenvalue weighted by molar-refractivity contribution is 0.129. The van der Waals surface area contributed by atoms with Gasteiger partial charge in [-0.15, -0.1) is 0 Å². The molecule has 0 bridgehead atoms. The molecule has 0 aromatic rings. The Morgan fingerprint density at radius 1 is 1.69 bits per heavy atom. The first kappa shape index (κ1) is 10.6. The first-order valence-corrected chi connectivity index (χ1v) is 4.86. The van der Waals surface area contributed by atoms with Gasteiger partial charge in [0.05, 0.1) is 6.10 Å². The fraction of sp³-hybridized carbons (Fsp3) is 0.400. The third-order valence-electron chi connectivity index (χ3n) is 1.93. The molecule has 0 aromatic heterocycles. The van der Waals surface area contributed by atoms with Gasteiger partial charge < -0.3 is 4.74 Å². The molecular formula is C10H16NOP. The van der Waals surface area contributed by atoms with Crippen LogP contribution in [-0.2, 0) is 4.74 Å². The number of nitrogens with zero attached hydrogens (tertiary/aromatic N) is 1. The third kappa shape index (κ3) is 3.07. The van der Waals surface area contributed by atoms with Crippen LogP contribution in [0.4, 0.5) is 0 Å². The van der Waals surface area contributed by atoms with E-state index in [1.807, 2.05) is 31.2 Å². The Kier molecular flexibility index (Phi) is 4.37. The lowest BCUT2D eigenvalue weighted by Crippen LogP contribution is -2.14. The highest BCUT2D eigenvalue weighted by molar-refractivity contribution is 7.13. The molecule has 0 aliphatic carbocycles. The third-order valence-corrected chi connectivity index (χ3v) is 2.29. The van der Waals surface area contributed by atoms with Crippen LogP contribution in [0.1, 0.15) is 6.92 Å². The molecule has 2 atom stereocenters. The minimum absolute atomic E-state index is 0.172. The standard InChI is InChI=1S/C10H16NOP/c1-3-5-6-9(4-2)10-7-11(13)8-12-10/h3-6,10H,2,7-8,13H2,1H3/b5-3-,9-6+. The summed E-state index contributed by atoms with van der Waals surface area (Å²) in [5.74, 6) is 0. The molecular weight excluding hydrogens is 181 g/mol. The van der Waals surface area contributed by atoms with Crippen molar-refractivity contribution in [1.29, 1.82) is 0 Å².